The molecule has 1 aliphatic heterocycles. The fourth-order valence-electron chi connectivity index (χ4n) is 0.507. The topological polar surface area (TPSA) is 30.8 Å². The van der Waals surface area contributed by atoms with Crippen LogP contribution in [-0.2, 0) is 9.57 Å². The van der Waals surface area contributed by atoms with Gasteiger partial charge in [-0.3, -0.25) is 0 Å². The Bertz CT molecular complexity index is 124. The van der Waals surface area contributed by atoms with Crippen molar-refractivity contribution in [1.82, 2.24) is 0 Å². The minimum Gasteiger partial charge on any atom is -0.474 e. The van der Waals surface area contributed by atoms with Crippen molar-refractivity contribution in [1.29, 1.82) is 0 Å². The summed E-state index contributed by atoms with van der Waals surface area (Å²) in [7, 11) is 0. The lowest BCUT2D eigenvalue weighted by atomic mass is 10.5. The van der Waals surface area contributed by atoms with E-state index in [9.17, 15) is 0 Å². The molecule has 1 atom stereocenters. The van der Waals surface area contributed by atoms with E-state index in [1.165, 1.54) is 0 Å². The van der Waals surface area contributed by atoms with Gasteiger partial charge in [0.25, 0.3) is 0 Å². The van der Waals surface area contributed by atoms with Crippen LogP contribution in [0.15, 0.2) is 5.16 Å². The van der Waals surface area contributed by atoms with E-state index in [0.29, 0.717) is 19.1 Å². The van der Waals surface area contributed by atoms with Crippen molar-refractivity contribution in [3.8, 4) is 0 Å². The smallest absolute Gasteiger partial charge is 0.239 e. The standard InChI is InChI=1S/C5H8BrNO2/c1-4(6)5-7-9-3-2-8-5/h4H,2-3H2,1H3. The number of rotatable bonds is 1. The average molecular weight is 194 g/mol. The van der Waals surface area contributed by atoms with Gasteiger partial charge in [-0.05, 0) is 6.92 Å². The minimum atomic E-state index is 0.151. The van der Waals surface area contributed by atoms with Gasteiger partial charge in [0.1, 0.15) is 6.61 Å². The molecule has 0 aliphatic carbocycles. The zero-order valence-corrected chi connectivity index (χ0v) is 6.72. The second kappa shape index (κ2) is 3.06. The van der Waals surface area contributed by atoms with Gasteiger partial charge in [-0.2, -0.15) is 0 Å². The highest BCUT2D eigenvalue weighted by molar-refractivity contribution is 9.10. The molecule has 0 spiro atoms. The van der Waals surface area contributed by atoms with Crippen LogP contribution in [0.1, 0.15) is 6.92 Å². The van der Waals surface area contributed by atoms with Gasteiger partial charge in [-0.15, -0.1) is 0 Å². The number of hydrogen-bond donors (Lipinski definition) is 0. The molecule has 0 fully saturated rings. The Kier molecular flexibility index (Phi) is 2.33. The minimum absolute atomic E-state index is 0.151. The molecule has 52 valence electrons. The number of oxime groups is 1. The SMILES string of the molecule is CC(Br)C1=NOCCO1. The number of halogens is 1. The Labute approximate surface area is 62.1 Å². The summed E-state index contributed by atoms with van der Waals surface area (Å²) in [6.07, 6.45) is 0. The summed E-state index contributed by atoms with van der Waals surface area (Å²) in [6, 6.07) is 0. The van der Waals surface area contributed by atoms with Gasteiger partial charge in [0, 0.05) is 0 Å². The molecular weight excluding hydrogens is 186 g/mol. The highest BCUT2D eigenvalue weighted by Crippen LogP contribution is 2.05. The predicted molar refractivity (Wildman–Crippen MR) is 37.7 cm³/mol. The van der Waals surface area contributed by atoms with Gasteiger partial charge in [-0.25, -0.2) is 0 Å². The Morgan fingerprint density at radius 1 is 1.67 bits per heavy atom. The quantitative estimate of drug-likeness (QED) is 0.585. The maximum Gasteiger partial charge on any atom is 0.239 e. The zero-order chi connectivity index (χ0) is 6.69. The molecule has 0 radical (unpaired) electrons. The van der Waals surface area contributed by atoms with E-state index in [1.54, 1.807) is 0 Å². The third kappa shape index (κ3) is 1.86. The van der Waals surface area contributed by atoms with Gasteiger partial charge >= 0.3 is 0 Å². The highest BCUT2D eigenvalue weighted by atomic mass is 79.9. The van der Waals surface area contributed by atoms with Crippen molar-refractivity contribution in [3.63, 3.8) is 0 Å². The lowest BCUT2D eigenvalue weighted by Crippen LogP contribution is -2.22. The Morgan fingerprint density at radius 3 is 2.78 bits per heavy atom. The fourth-order valence-corrected chi connectivity index (χ4v) is 0.722. The number of ether oxygens (including phenoxy) is 1. The molecule has 0 aromatic carbocycles. The highest BCUT2D eigenvalue weighted by Gasteiger charge is 2.11. The number of hydrogen-bond acceptors (Lipinski definition) is 3. The van der Waals surface area contributed by atoms with Gasteiger partial charge in [0.2, 0.25) is 5.90 Å². The summed E-state index contributed by atoms with van der Waals surface area (Å²) < 4.78 is 5.12. The predicted octanol–water partition coefficient (Wildman–Crippen LogP) is 1.13. The molecule has 0 saturated carbocycles. The van der Waals surface area contributed by atoms with Crippen LogP contribution in [0.4, 0.5) is 0 Å². The van der Waals surface area contributed by atoms with Crippen LogP contribution in [0.2, 0.25) is 0 Å². The monoisotopic (exact) mass is 193 g/mol. The molecule has 0 aromatic rings. The normalized spacial score (nSPS) is 21.3. The number of nitrogens with zero attached hydrogens (tertiary/aromatic N) is 1. The van der Waals surface area contributed by atoms with Gasteiger partial charge < -0.3 is 9.57 Å². The summed E-state index contributed by atoms with van der Waals surface area (Å²) in [5.41, 5.74) is 0. The van der Waals surface area contributed by atoms with E-state index < -0.39 is 0 Å². The van der Waals surface area contributed by atoms with Crippen molar-refractivity contribution in [2.24, 2.45) is 5.16 Å². The summed E-state index contributed by atoms with van der Waals surface area (Å²) in [6.45, 7) is 3.10. The first kappa shape index (κ1) is 6.86. The van der Waals surface area contributed by atoms with Crippen molar-refractivity contribution >= 4 is 21.8 Å². The van der Waals surface area contributed by atoms with Crippen molar-refractivity contribution in [3.05, 3.63) is 0 Å². The number of alkyl halides is 1. The second-order valence-electron chi connectivity index (χ2n) is 1.73. The Morgan fingerprint density at radius 2 is 2.44 bits per heavy atom. The molecule has 3 nitrogen and oxygen atoms in total. The van der Waals surface area contributed by atoms with Crippen LogP contribution >= 0.6 is 15.9 Å². The molecule has 1 unspecified atom stereocenters. The molecule has 1 heterocycles. The van der Waals surface area contributed by atoms with E-state index in [1.807, 2.05) is 6.92 Å². The third-order valence-electron chi connectivity index (χ3n) is 0.919. The maximum absolute atomic E-state index is 5.12. The van der Waals surface area contributed by atoms with Crippen LogP contribution in [0.25, 0.3) is 0 Å². The first-order valence-electron chi connectivity index (χ1n) is 2.77. The molecule has 0 aromatic heterocycles. The lowest BCUT2D eigenvalue weighted by molar-refractivity contribution is 0.0627. The second-order valence-corrected chi connectivity index (χ2v) is 3.10. The molecular formula is C5H8BrNO2. The molecule has 0 N–H and O–H groups in total. The first-order chi connectivity index (χ1) is 4.30. The molecule has 0 bridgehead atoms. The van der Waals surface area contributed by atoms with Gasteiger partial charge in [0.05, 0.1) is 4.83 Å². The van der Waals surface area contributed by atoms with Crippen molar-refractivity contribution in [2.45, 2.75) is 11.8 Å². The van der Waals surface area contributed by atoms with E-state index in [2.05, 4.69) is 21.1 Å². The molecule has 0 saturated heterocycles. The van der Waals surface area contributed by atoms with Crippen LogP contribution < -0.4 is 0 Å². The summed E-state index contributed by atoms with van der Waals surface area (Å²) in [5.74, 6) is 0.626. The molecule has 4 heteroatoms. The maximum atomic E-state index is 5.12. The van der Waals surface area contributed by atoms with Crippen LogP contribution in [0.5, 0.6) is 0 Å². The molecule has 9 heavy (non-hydrogen) atoms. The van der Waals surface area contributed by atoms with E-state index in [0.717, 1.165) is 0 Å². The van der Waals surface area contributed by atoms with E-state index >= 15 is 0 Å². The molecule has 0 amide bonds. The first-order valence-corrected chi connectivity index (χ1v) is 3.69. The molecule has 1 rings (SSSR count). The summed E-state index contributed by atoms with van der Waals surface area (Å²) >= 11 is 3.30. The van der Waals surface area contributed by atoms with Gasteiger partial charge in [0.15, 0.2) is 6.61 Å². The van der Waals surface area contributed by atoms with Gasteiger partial charge in [-0.1, -0.05) is 21.1 Å². The Balaban J connectivity index is 2.46. The lowest BCUT2D eigenvalue weighted by Gasteiger charge is -2.14. The largest absolute Gasteiger partial charge is 0.474 e. The summed E-state index contributed by atoms with van der Waals surface area (Å²) in [4.78, 5) is 4.93. The zero-order valence-electron chi connectivity index (χ0n) is 5.13. The van der Waals surface area contributed by atoms with Crippen molar-refractivity contribution in [2.75, 3.05) is 13.2 Å². The van der Waals surface area contributed by atoms with Crippen molar-refractivity contribution < 1.29 is 9.57 Å². The van der Waals surface area contributed by atoms with E-state index in [-0.39, 0.29) is 4.83 Å². The third-order valence-corrected chi connectivity index (χ3v) is 1.31. The summed E-state index contributed by atoms with van der Waals surface area (Å²) in [5, 5.41) is 3.68. The van der Waals surface area contributed by atoms with Crippen LogP contribution in [0.3, 0.4) is 0 Å². The average Bonchev–Trinajstić information content (AvgIpc) is 1.90. The van der Waals surface area contributed by atoms with Crippen LogP contribution in [-0.4, -0.2) is 23.9 Å². The van der Waals surface area contributed by atoms with E-state index in [4.69, 9.17) is 9.57 Å². The molecule has 1 aliphatic rings. The fraction of sp³-hybridized carbons (Fsp3) is 0.800. The Hall–Kier alpha value is -0.250. The van der Waals surface area contributed by atoms with Crippen LogP contribution in [0, 0.1) is 0 Å².